The highest BCUT2D eigenvalue weighted by molar-refractivity contribution is 5.75. The van der Waals surface area contributed by atoms with Crippen molar-refractivity contribution >= 4 is 5.91 Å². The van der Waals surface area contributed by atoms with E-state index in [0.717, 1.165) is 10.6 Å². The summed E-state index contributed by atoms with van der Waals surface area (Å²) in [6.45, 7) is -0.367. The molecule has 1 aromatic carbocycles. The molecule has 0 saturated heterocycles. The van der Waals surface area contributed by atoms with E-state index >= 15 is 0 Å². The van der Waals surface area contributed by atoms with E-state index in [1.807, 2.05) is 0 Å². The molecule has 0 spiro atoms. The zero-order chi connectivity index (χ0) is 17.7. The maximum atomic E-state index is 12.7. The second-order valence-electron chi connectivity index (χ2n) is 4.97. The Labute approximate surface area is 135 Å². The van der Waals surface area contributed by atoms with Gasteiger partial charge >= 0.3 is 6.18 Å². The summed E-state index contributed by atoms with van der Waals surface area (Å²) in [4.78, 5) is 23.5. The number of halogens is 3. The standard InChI is InChI=1S/C16H15F3N2O3/c1-24-13-5-3-2-4-11(13)8-20-14(22)10-21-9-12(16(17,18)19)6-7-15(21)23/h2-7,9H,8,10H2,1H3,(H,20,22). The fraction of sp³-hybridized carbons (Fsp3) is 0.250. The van der Waals surface area contributed by atoms with Gasteiger partial charge in [0.15, 0.2) is 0 Å². The van der Waals surface area contributed by atoms with Crippen LogP contribution in [0.3, 0.4) is 0 Å². The van der Waals surface area contributed by atoms with E-state index in [0.29, 0.717) is 23.6 Å². The number of hydrogen-bond acceptors (Lipinski definition) is 3. The van der Waals surface area contributed by atoms with Crippen molar-refractivity contribution in [2.45, 2.75) is 19.3 Å². The molecule has 0 aliphatic rings. The summed E-state index contributed by atoms with van der Waals surface area (Å²) in [5, 5.41) is 2.55. The first-order valence-electron chi connectivity index (χ1n) is 6.97. The van der Waals surface area contributed by atoms with E-state index in [1.165, 1.54) is 7.11 Å². The molecular weight excluding hydrogens is 325 g/mol. The molecule has 1 N–H and O–H groups in total. The molecule has 1 heterocycles. The molecule has 5 nitrogen and oxygen atoms in total. The molecule has 1 amide bonds. The highest BCUT2D eigenvalue weighted by Crippen LogP contribution is 2.27. The van der Waals surface area contributed by atoms with Crippen molar-refractivity contribution in [1.29, 1.82) is 0 Å². The summed E-state index contributed by atoms with van der Waals surface area (Å²) in [6, 6.07) is 8.48. The molecule has 2 rings (SSSR count). The second-order valence-corrected chi connectivity index (χ2v) is 4.97. The van der Waals surface area contributed by atoms with Crippen LogP contribution < -0.4 is 15.6 Å². The number of methoxy groups -OCH3 is 1. The Morgan fingerprint density at radius 3 is 2.58 bits per heavy atom. The largest absolute Gasteiger partial charge is 0.496 e. The fourth-order valence-corrected chi connectivity index (χ4v) is 2.08. The SMILES string of the molecule is COc1ccccc1CNC(=O)Cn1cc(C(F)(F)F)ccc1=O. The van der Waals surface area contributed by atoms with Gasteiger partial charge in [-0.1, -0.05) is 18.2 Å². The Kier molecular flexibility index (Phi) is 5.28. The van der Waals surface area contributed by atoms with Crippen LogP contribution in [0.25, 0.3) is 0 Å². The monoisotopic (exact) mass is 340 g/mol. The minimum Gasteiger partial charge on any atom is -0.496 e. The number of nitrogens with zero attached hydrogens (tertiary/aromatic N) is 1. The lowest BCUT2D eigenvalue weighted by atomic mass is 10.2. The zero-order valence-corrected chi connectivity index (χ0v) is 12.8. The Hall–Kier alpha value is -2.77. The number of carbonyl (C=O) groups excluding carboxylic acids is 1. The van der Waals surface area contributed by atoms with Crippen molar-refractivity contribution in [3.8, 4) is 5.75 Å². The smallest absolute Gasteiger partial charge is 0.417 e. The predicted octanol–water partition coefficient (Wildman–Crippen LogP) is 2.19. The minimum absolute atomic E-state index is 0.135. The highest BCUT2D eigenvalue weighted by Gasteiger charge is 2.31. The van der Waals surface area contributed by atoms with Gasteiger partial charge in [0.2, 0.25) is 5.91 Å². The molecule has 0 aliphatic heterocycles. The lowest BCUT2D eigenvalue weighted by molar-refractivity contribution is -0.138. The molecule has 0 fully saturated rings. The number of para-hydroxylation sites is 1. The van der Waals surface area contributed by atoms with Crippen LogP contribution in [0.1, 0.15) is 11.1 Å². The van der Waals surface area contributed by atoms with E-state index in [9.17, 15) is 22.8 Å². The fourth-order valence-electron chi connectivity index (χ4n) is 2.08. The van der Waals surface area contributed by atoms with Crippen molar-refractivity contribution in [2.24, 2.45) is 0 Å². The van der Waals surface area contributed by atoms with Crippen LogP contribution in [0.4, 0.5) is 13.2 Å². The van der Waals surface area contributed by atoms with Crippen LogP contribution >= 0.6 is 0 Å². The number of nitrogens with one attached hydrogen (secondary N) is 1. The maximum absolute atomic E-state index is 12.7. The topological polar surface area (TPSA) is 60.3 Å². The zero-order valence-electron chi connectivity index (χ0n) is 12.8. The van der Waals surface area contributed by atoms with Gasteiger partial charge in [0.05, 0.1) is 12.7 Å². The highest BCUT2D eigenvalue weighted by atomic mass is 19.4. The number of benzene rings is 1. The number of hydrogen-bond donors (Lipinski definition) is 1. The third-order valence-corrected chi connectivity index (χ3v) is 3.29. The van der Waals surface area contributed by atoms with Crippen LogP contribution in [0.15, 0.2) is 47.4 Å². The van der Waals surface area contributed by atoms with Gasteiger partial charge in [-0.3, -0.25) is 9.59 Å². The van der Waals surface area contributed by atoms with Crippen LogP contribution in [-0.2, 0) is 24.1 Å². The van der Waals surface area contributed by atoms with E-state index in [2.05, 4.69) is 5.32 Å². The van der Waals surface area contributed by atoms with E-state index in [4.69, 9.17) is 4.74 Å². The van der Waals surface area contributed by atoms with Gasteiger partial charge in [0.1, 0.15) is 12.3 Å². The number of aromatic nitrogens is 1. The van der Waals surface area contributed by atoms with Gasteiger partial charge in [-0.05, 0) is 12.1 Å². The van der Waals surface area contributed by atoms with E-state index in [1.54, 1.807) is 24.3 Å². The normalized spacial score (nSPS) is 11.2. The molecule has 0 unspecified atom stereocenters. The van der Waals surface area contributed by atoms with Crippen LogP contribution in [0.2, 0.25) is 0 Å². The minimum atomic E-state index is -4.58. The van der Waals surface area contributed by atoms with Gasteiger partial charge < -0.3 is 14.6 Å². The molecule has 2 aromatic rings. The Balaban J connectivity index is 2.06. The molecule has 1 aromatic heterocycles. The van der Waals surface area contributed by atoms with Crippen molar-refractivity contribution in [1.82, 2.24) is 9.88 Å². The van der Waals surface area contributed by atoms with Crippen LogP contribution in [0.5, 0.6) is 5.75 Å². The summed E-state index contributed by atoms with van der Waals surface area (Å²) in [5.41, 5.74) is -0.959. The number of ether oxygens (including phenoxy) is 1. The number of rotatable bonds is 5. The van der Waals surface area contributed by atoms with E-state index < -0.39 is 29.8 Å². The maximum Gasteiger partial charge on any atom is 0.417 e. The molecule has 0 saturated carbocycles. The molecule has 8 heteroatoms. The summed E-state index contributed by atoms with van der Waals surface area (Å²) >= 11 is 0. The van der Waals surface area contributed by atoms with Crippen LogP contribution in [0, 0.1) is 0 Å². The van der Waals surface area contributed by atoms with Crippen molar-refractivity contribution in [2.75, 3.05) is 7.11 Å². The predicted molar refractivity (Wildman–Crippen MR) is 80.5 cm³/mol. The number of pyridine rings is 1. The molecular formula is C16H15F3N2O3. The molecule has 24 heavy (non-hydrogen) atoms. The average Bonchev–Trinajstić information content (AvgIpc) is 2.54. The summed E-state index contributed by atoms with van der Waals surface area (Å²) in [6.07, 6.45) is -3.95. The first kappa shape index (κ1) is 17.6. The quantitative estimate of drug-likeness (QED) is 0.908. The van der Waals surface area contributed by atoms with Crippen LogP contribution in [-0.4, -0.2) is 17.6 Å². The molecule has 0 atom stereocenters. The Bertz CT molecular complexity index is 785. The van der Waals surface area contributed by atoms with Gasteiger partial charge in [0.25, 0.3) is 5.56 Å². The summed E-state index contributed by atoms with van der Waals surface area (Å²) in [5.74, 6) is -0.00336. The van der Waals surface area contributed by atoms with Gasteiger partial charge in [0, 0.05) is 24.4 Å². The third-order valence-electron chi connectivity index (χ3n) is 3.29. The first-order chi connectivity index (χ1) is 11.3. The second kappa shape index (κ2) is 7.20. The Morgan fingerprint density at radius 1 is 1.21 bits per heavy atom. The summed E-state index contributed by atoms with van der Waals surface area (Å²) < 4.78 is 43.8. The number of carbonyl (C=O) groups is 1. The molecule has 0 radical (unpaired) electrons. The summed E-state index contributed by atoms with van der Waals surface area (Å²) in [7, 11) is 1.49. The van der Waals surface area contributed by atoms with Gasteiger partial charge in [-0.15, -0.1) is 0 Å². The molecule has 0 aliphatic carbocycles. The van der Waals surface area contributed by atoms with Crippen molar-refractivity contribution in [3.05, 3.63) is 64.1 Å². The Morgan fingerprint density at radius 2 is 1.92 bits per heavy atom. The molecule has 128 valence electrons. The average molecular weight is 340 g/mol. The molecule has 0 bridgehead atoms. The third kappa shape index (κ3) is 4.37. The van der Waals surface area contributed by atoms with Crippen molar-refractivity contribution in [3.63, 3.8) is 0 Å². The number of alkyl halides is 3. The number of amides is 1. The van der Waals surface area contributed by atoms with Gasteiger partial charge in [-0.2, -0.15) is 13.2 Å². The van der Waals surface area contributed by atoms with E-state index in [-0.39, 0.29) is 6.54 Å². The first-order valence-corrected chi connectivity index (χ1v) is 6.97. The van der Waals surface area contributed by atoms with Crippen molar-refractivity contribution < 1.29 is 22.7 Å². The van der Waals surface area contributed by atoms with Gasteiger partial charge in [-0.25, -0.2) is 0 Å². The lowest BCUT2D eigenvalue weighted by Gasteiger charge is -2.12. The lowest BCUT2D eigenvalue weighted by Crippen LogP contribution is -2.32.